The monoisotopic (exact) mass is 403 g/mol. The molecule has 0 saturated carbocycles. The van der Waals surface area contributed by atoms with Crippen LogP contribution < -0.4 is 9.47 Å². The fraction of sp³-hybridized carbons (Fsp3) is 0.296. The summed E-state index contributed by atoms with van der Waals surface area (Å²) >= 11 is 0. The molecule has 157 valence electrons. The highest BCUT2D eigenvalue weighted by atomic mass is 16.5. The topological polar surface area (TPSA) is 27.7 Å². The van der Waals surface area contributed by atoms with Crippen LogP contribution in [0.2, 0.25) is 0 Å². The molecule has 0 atom stereocenters. The first-order valence-electron chi connectivity index (χ1n) is 10.4. The highest BCUT2D eigenvalue weighted by molar-refractivity contribution is 5.49. The first-order valence-corrected chi connectivity index (χ1v) is 10.4. The fourth-order valence-electron chi connectivity index (χ4n) is 3.73. The molecule has 0 amide bonds. The van der Waals surface area contributed by atoms with E-state index >= 15 is 0 Å². The van der Waals surface area contributed by atoms with Crippen LogP contribution in [-0.4, -0.2) is 20.8 Å². The van der Waals surface area contributed by atoms with Crippen molar-refractivity contribution in [2.45, 2.75) is 32.3 Å². The molecule has 1 radical (unpaired) electrons. The van der Waals surface area contributed by atoms with Crippen molar-refractivity contribution in [1.82, 2.24) is 0 Å². The quantitative estimate of drug-likeness (QED) is 0.289. The number of ether oxygens (including phenoxy) is 3. The van der Waals surface area contributed by atoms with Crippen LogP contribution in [0.4, 0.5) is 0 Å². The van der Waals surface area contributed by atoms with E-state index in [4.69, 9.17) is 14.2 Å². The molecule has 0 aliphatic heterocycles. The molecular weight excluding hydrogens is 372 g/mol. The van der Waals surface area contributed by atoms with Crippen molar-refractivity contribution >= 4 is 0 Å². The maximum absolute atomic E-state index is 6.79. The Morgan fingerprint density at radius 1 is 0.667 bits per heavy atom. The predicted octanol–water partition coefficient (Wildman–Crippen LogP) is 6.41. The van der Waals surface area contributed by atoms with E-state index in [9.17, 15) is 0 Å². The van der Waals surface area contributed by atoms with E-state index in [1.165, 1.54) is 5.92 Å². The molecule has 0 spiro atoms. The van der Waals surface area contributed by atoms with Crippen LogP contribution in [0.3, 0.4) is 0 Å². The lowest BCUT2D eigenvalue weighted by atomic mass is 9.80. The van der Waals surface area contributed by atoms with Gasteiger partial charge in [-0.2, -0.15) is 0 Å². The van der Waals surface area contributed by atoms with Crippen LogP contribution in [0.25, 0.3) is 0 Å². The van der Waals surface area contributed by atoms with Gasteiger partial charge in [-0.3, -0.25) is 0 Å². The Labute approximate surface area is 180 Å². The van der Waals surface area contributed by atoms with Crippen molar-refractivity contribution < 1.29 is 14.2 Å². The molecule has 3 aromatic carbocycles. The second-order valence-electron chi connectivity index (χ2n) is 7.66. The molecule has 3 rings (SSSR count). The van der Waals surface area contributed by atoms with Gasteiger partial charge in [0.25, 0.3) is 0 Å². The standard InChI is InChI=1S/C27H31O3/c1-21(2)9-8-20-30-27(22-10-6-5-7-11-22,23-12-16-25(28-3)17-13-23)24-14-18-26(29-4)19-15-24/h5-7,10-19H,8-9,20H2,1-4H3. The van der Waals surface area contributed by atoms with Crippen LogP contribution in [0.15, 0.2) is 78.9 Å². The smallest absolute Gasteiger partial charge is 0.143 e. The van der Waals surface area contributed by atoms with Gasteiger partial charge in [-0.15, -0.1) is 0 Å². The first-order chi connectivity index (χ1) is 14.6. The SMILES string of the molecule is COc1ccc(C(OCCC[C](C)C)(c2ccccc2)c2ccc(OC)cc2)cc1. The van der Waals surface area contributed by atoms with E-state index in [1.807, 2.05) is 30.3 Å². The molecule has 0 unspecified atom stereocenters. The van der Waals surface area contributed by atoms with E-state index in [1.54, 1.807) is 14.2 Å². The molecule has 0 fully saturated rings. The van der Waals surface area contributed by atoms with Gasteiger partial charge >= 0.3 is 0 Å². The van der Waals surface area contributed by atoms with Gasteiger partial charge in [0.05, 0.1) is 14.2 Å². The lowest BCUT2D eigenvalue weighted by Crippen LogP contribution is -2.33. The van der Waals surface area contributed by atoms with Gasteiger partial charge in [0.15, 0.2) is 0 Å². The summed E-state index contributed by atoms with van der Waals surface area (Å²) in [5.74, 6) is 3.07. The van der Waals surface area contributed by atoms with Gasteiger partial charge in [-0.1, -0.05) is 68.4 Å². The molecule has 0 saturated heterocycles. The van der Waals surface area contributed by atoms with E-state index < -0.39 is 5.60 Å². The van der Waals surface area contributed by atoms with Gasteiger partial charge < -0.3 is 14.2 Å². The molecule has 30 heavy (non-hydrogen) atoms. The van der Waals surface area contributed by atoms with Gasteiger partial charge in [0.1, 0.15) is 17.1 Å². The van der Waals surface area contributed by atoms with Crippen molar-refractivity contribution in [3.63, 3.8) is 0 Å². The Hall–Kier alpha value is -2.78. The summed E-state index contributed by atoms with van der Waals surface area (Å²) < 4.78 is 17.6. The average Bonchev–Trinajstić information content (AvgIpc) is 2.80. The Balaban J connectivity index is 2.13. The Kier molecular flexibility index (Phi) is 7.53. The largest absolute Gasteiger partial charge is 0.497 e. The van der Waals surface area contributed by atoms with Crippen LogP contribution in [0, 0.1) is 5.92 Å². The number of hydrogen-bond acceptors (Lipinski definition) is 3. The van der Waals surface area contributed by atoms with Crippen LogP contribution in [0.1, 0.15) is 43.4 Å². The zero-order chi connectivity index (χ0) is 21.4. The Bertz CT molecular complexity index is 836. The predicted molar refractivity (Wildman–Crippen MR) is 122 cm³/mol. The minimum atomic E-state index is -0.721. The normalized spacial score (nSPS) is 11.5. The molecule has 3 aromatic rings. The van der Waals surface area contributed by atoms with Crippen molar-refractivity contribution in [2.75, 3.05) is 20.8 Å². The van der Waals surface area contributed by atoms with Gasteiger partial charge in [-0.05, 0) is 59.7 Å². The number of hydrogen-bond donors (Lipinski definition) is 0. The van der Waals surface area contributed by atoms with Gasteiger partial charge in [-0.25, -0.2) is 0 Å². The Morgan fingerprint density at radius 2 is 1.13 bits per heavy atom. The summed E-state index contributed by atoms with van der Waals surface area (Å²) in [6, 6.07) is 26.7. The number of rotatable bonds is 10. The van der Waals surface area contributed by atoms with Crippen LogP contribution in [0.5, 0.6) is 11.5 Å². The highest BCUT2D eigenvalue weighted by Crippen LogP contribution is 2.41. The third kappa shape index (κ3) is 4.85. The summed E-state index contributed by atoms with van der Waals surface area (Å²) in [5, 5.41) is 0. The second-order valence-corrected chi connectivity index (χ2v) is 7.66. The van der Waals surface area contributed by atoms with Crippen LogP contribution >= 0.6 is 0 Å². The van der Waals surface area contributed by atoms with E-state index in [2.05, 4.69) is 62.4 Å². The van der Waals surface area contributed by atoms with Crippen molar-refractivity contribution in [3.8, 4) is 11.5 Å². The average molecular weight is 404 g/mol. The summed E-state index contributed by atoms with van der Waals surface area (Å²) in [4.78, 5) is 0. The van der Waals surface area contributed by atoms with Crippen LogP contribution in [-0.2, 0) is 10.3 Å². The van der Waals surface area contributed by atoms with E-state index in [-0.39, 0.29) is 0 Å². The third-order valence-corrected chi connectivity index (χ3v) is 5.31. The maximum atomic E-state index is 6.79. The number of benzene rings is 3. The first kappa shape index (κ1) is 21.9. The van der Waals surface area contributed by atoms with Gasteiger partial charge in [0, 0.05) is 6.61 Å². The van der Waals surface area contributed by atoms with E-state index in [0.29, 0.717) is 6.61 Å². The molecule has 0 aromatic heterocycles. The Morgan fingerprint density at radius 3 is 1.57 bits per heavy atom. The summed E-state index contributed by atoms with van der Waals surface area (Å²) in [6.07, 6.45) is 2.03. The molecular formula is C27H31O3. The highest BCUT2D eigenvalue weighted by Gasteiger charge is 2.37. The molecule has 0 N–H and O–H groups in total. The van der Waals surface area contributed by atoms with Crippen molar-refractivity contribution in [2.24, 2.45) is 0 Å². The lowest BCUT2D eigenvalue weighted by Gasteiger charge is -2.36. The molecule has 0 bridgehead atoms. The molecule has 0 aliphatic carbocycles. The van der Waals surface area contributed by atoms with Crippen molar-refractivity contribution in [3.05, 3.63) is 101 Å². The van der Waals surface area contributed by atoms with E-state index in [0.717, 1.165) is 41.0 Å². The summed E-state index contributed by atoms with van der Waals surface area (Å²) in [7, 11) is 3.37. The molecule has 0 aliphatic rings. The summed E-state index contributed by atoms with van der Waals surface area (Å²) in [5.41, 5.74) is 2.51. The van der Waals surface area contributed by atoms with Gasteiger partial charge in [0.2, 0.25) is 0 Å². The zero-order valence-corrected chi connectivity index (χ0v) is 18.4. The lowest BCUT2D eigenvalue weighted by molar-refractivity contribution is 0.0111. The number of methoxy groups -OCH3 is 2. The minimum Gasteiger partial charge on any atom is -0.497 e. The fourth-order valence-corrected chi connectivity index (χ4v) is 3.73. The zero-order valence-electron chi connectivity index (χ0n) is 18.4. The van der Waals surface area contributed by atoms with Crippen molar-refractivity contribution in [1.29, 1.82) is 0 Å². The molecule has 3 heteroatoms. The minimum absolute atomic E-state index is 0.651. The molecule has 0 heterocycles. The second kappa shape index (κ2) is 10.3. The third-order valence-electron chi connectivity index (χ3n) is 5.31. The summed E-state index contributed by atoms with van der Waals surface area (Å²) in [6.45, 7) is 4.98. The maximum Gasteiger partial charge on any atom is 0.143 e. The molecule has 3 nitrogen and oxygen atoms in total.